The normalized spacial score (nSPS) is 15.6. The number of nitriles is 1. The first kappa shape index (κ1) is 18.9. The molecule has 0 amide bonds. The van der Waals surface area contributed by atoms with Gasteiger partial charge in [-0.3, -0.25) is 0 Å². The molecule has 0 bridgehead atoms. The summed E-state index contributed by atoms with van der Waals surface area (Å²) in [5, 5.41) is 10.6. The number of aromatic nitrogens is 1. The maximum atomic E-state index is 12.2. The summed E-state index contributed by atoms with van der Waals surface area (Å²) in [4.78, 5) is 24.9. The Labute approximate surface area is 148 Å². The number of piperidine rings is 1. The van der Waals surface area contributed by atoms with Crippen molar-refractivity contribution >= 4 is 5.82 Å². The molecule has 1 saturated heterocycles. The highest BCUT2D eigenvalue weighted by Crippen LogP contribution is 2.19. The lowest BCUT2D eigenvalue weighted by atomic mass is 10.1. The van der Waals surface area contributed by atoms with Crippen molar-refractivity contribution in [2.75, 3.05) is 24.5 Å². The molecule has 2 rings (SSSR count). The van der Waals surface area contributed by atoms with Crippen molar-refractivity contribution in [3.05, 3.63) is 28.8 Å². The lowest BCUT2D eigenvalue weighted by Crippen LogP contribution is -2.53. The zero-order valence-corrected chi connectivity index (χ0v) is 15.4. The molecule has 0 unspecified atom stereocenters. The third-order valence-electron chi connectivity index (χ3n) is 4.21. The van der Waals surface area contributed by atoms with E-state index < -0.39 is 0 Å². The van der Waals surface area contributed by atoms with Gasteiger partial charge in [0.1, 0.15) is 17.6 Å². The topological polar surface area (TPSA) is 84.5 Å². The van der Waals surface area contributed by atoms with Crippen LogP contribution >= 0.6 is 0 Å². The Hall–Kier alpha value is -2.40. The van der Waals surface area contributed by atoms with E-state index in [2.05, 4.69) is 21.5 Å². The largest absolute Gasteiger partial charge is 0.356 e. The molecule has 1 N–H and O–H groups in total. The molecule has 1 fully saturated rings. The van der Waals surface area contributed by atoms with Gasteiger partial charge in [0.05, 0.1) is 23.1 Å². The fourth-order valence-electron chi connectivity index (χ4n) is 2.91. The molecule has 0 radical (unpaired) electrons. The van der Waals surface area contributed by atoms with Crippen molar-refractivity contribution in [3.63, 3.8) is 0 Å². The van der Waals surface area contributed by atoms with Gasteiger partial charge in [-0.25, -0.2) is 9.82 Å². The van der Waals surface area contributed by atoms with Gasteiger partial charge in [0.2, 0.25) is 0 Å². The predicted molar refractivity (Wildman–Crippen MR) is 94.2 cm³/mol. The zero-order valence-electron chi connectivity index (χ0n) is 15.4. The Bertz CT molecular complexity index is 629. The van der Waals surface area contributed by atoms with Gasteiger partial charge in [0.15, 0.2) is 0 Å². The average molecular weight is 347 g/mol. The highest BCUT2D eigenvalue weighted by atomic mass is 16.7. The third kappa shape index (κ3) is 5.03. The van der Waals surface area contributed by atoms with Gasteiger partial charge in [0.25, 0.3) is 4.98 Å². The van der Waals surface area contributed by atoms with Crippen molar-refractivity contribution in [1.29, 1.82) is 5.26 Å². The van der Waals surface area contributed by atoms with Crippen LogP contribution in [0.4, 0.5) is 5.82 Å². The molecule has 0 aliphatic carbocycles. The van der Waals surface area contributed by atoms with Crippen LogP contribution in [-0.2, 0) is 4.84 Å². The summed E-state index contributed by atoms with van der Waals surface area (Å²) in [6, 6.07) is 7.50. The van der Waals surface area contributed by atoms with Gasteiger partial charge >= 0.3 is 0 Å². The molecule has 1 aromatic rings. The summed E-state index contributed by atoms with van der Waals surface area (Å²) >= 11 is 0. The van der Waals surface area contributed by atoms with Crippen LogP contribution in [0, 0.1) is 16.2 Å². The van der Waals surface area contributed by atoms with Gasteiger partial charge < -0.3 is 4.90 Å². The van der Waals surface area contributed by atoms with Crippen molar-refractivity contribution in [2.24, 2.45) is 0 Å². The first-order valence-corrected chi connectivity index (χ1v) is 8.63. The number of hydrogen-bond acceptors (Lipinski definition) is 5. The molecule has 2 heterocycles. The second-order valence-electron chi connectivity index (χ2n) is 7.05. The van der Waals surface area contributed by atoms with Crippen LogP contribution < -0.4 is 10.5 Å². The number of pyridine rings is 1. The van der Waals surface area contributed by atoms with E-state index in [-0.39, 0.29) is 11.6 Å². The Balaban J connectivity index is 1.82. The predicted octanol–water partition coefficient (Wildman–Crippen LogP) is 2.17. The quantitative estimate of drug-likeness (QED) is 0.623. The summed E-state index contributed by atoms with van der Waals surface area (Å²) in [5.41, 5.74) is 2.64. The van der Waals surface area contributed by atoms with E-state index in [1.807, 2.05) is 39.8 Å². The Morgan fingerprint density at radius 3 is 2.68 bits per heavy atom. The van der Waals surface area contributed by atoms with E-state index in [0.29, 0.717) is 17.2 Å². The fraction of sp³-hybridized carbons (Fsp3) is 0.647. The van der Waals surface area contributed by atoms with Crippen molar-refractivity contribution in [1.82, 2.24) is 15.6 Å². The SMILES string of the molecule is CCN([N+](=O)NOC1CCN(c2cccc(C#N)n2)CC1)C(C)(C)C. The number of nitroso groups, excluding NO2 is 1. The lowest BCUT2D eigenvalue weighted by molar-refractivity contribution is -0.801. The molecule has 1 aliphatic rings. The molecule has 8 nitrogen and oxygen atoms in total. The number of rotatable bonds is 6. The summed E-state index contributed by atoms with van der Waals surface area (Å²) in [5.74, 6) is 0.806. The van der Waals surface area contributed by atoms with E-state index in [1.54, 1.807) is 11.1 Å². The first-order valence-electron chi connectivity index (χ1n) is 8.63. The second kappa shape index (κ2) is 8.12. The van der Waals surface area contributed by atoms with Crippen LogP contribution in [0.25, 0.3) is 0 Å². The van der Waals surface area contributed by atoms with Crippen LogP contribution in [0.15, 0.2) is 18.2 Å². The summed E-state index contributed by atoms with van der Waals surface area (Å²) in [6.07, 6.45) is 1.52. The third-order valence-corrected chi connectivity index (χ3v) is 4.21. The molecule has 1 aromatic heterocycles. The first-order chi connectivity index (χ1) is 11.8. The summed E-state index contributed by atoms with van der Waals surface area (Å²) in [7, 11) is 0. The standard InChI is InChI=1S/C17H27N6O2/c1-5-22(17(2,3)4)23(24)20-25-15-9-11-21(12-10-15)16-8-6-7-14(13-18)19-16/h6-8,15H,5,9-12H2,1-4H3,(H,20,24)/q+1. The Morgan fingerprint density at radius 2 is 2.12 bits per heavy atom. The monoisotopic (exact) mass is 347 g/mol. The zero-order chi connectivity index (χ0) is 18.4. The smallest absolute Gasteiger partial charge is 0.275 e. The van der Waals surface area contributed by atoms with Crippen molar-refractivity contribution in [2.45, 2.75) is 52.2 Å². The van der Waals surface area contributed by atoms with E-state index in [1.165, 1.54) is 0 Å². The Morgan fingerprint density at radius 1 is 1.44 bits per heavy atom. The summed E-state index contributed by atoms with van der Waals surface area (Å²) < 4.78 is 0. The maximum absolute atomic E-state index is 12.2. The fourth-order valence-corrected chi connectivity index (χ4v) is 2.91. The van der Waals surface area contributed by atoms with E-state index in [4.69, 9.17) is 10.1 Å². The van der Waals surface area contributed by atoms with Crippen LogP contribution in [0.5, 0.6) is 0 Å². The molecular weight excluding hydrogens is 320 g/mol. The lowest BCUT2D eigenvalue weighted by Gasteiger charge is -2.32. The number of hydrazine groups is 2. The summed E-state index contributed by atoms with van der Waals surface area (Å²) in [6.45, 7) is 9.98. The van der Waals surface area contributed by atoms with Crippen molar-refractivity contribution < 1.29 is 9.82 Å². The minimum Gasteiger partial charge on any atom is -0.356 e. The highest BCUT2D eigenvalue weighted by Gasteiger charge is 2.33. The molecule has 1 aliphatic heterocycles. The minimum atomic E-state index is -0.284. The van der Waals surface area contributed by atoms with E-state index in [9.17, 15) is 4.91 Å². The minimum absolute atomic E-state index is 0.0366. The van der Waals surface area contributed by atoms with Crippen LogP contribution in [-0.4, -0.2) is 46.2 Å². The number of hydrogen-bond donors (Lipinski definition) is 1. The molecule has 0 atom stereocenters. The van der Waals surface area contributed by atoms with Gasteiger partial charge in [-0.2, -0.15) is 5.26 Å². The van der Waals surface area contributed by atoms with E-state index >= 15 is 0 Å². The van der Waals surface area contributed by atoms with Crippen LogP contribution in [0.1, 0.15) is 46.2 Å². The van der Waals surface area contributed by atoms with E-state index in [0.717, 1.165) is 31.7 Å². The van der Waals surface area contributed by atoms with Crippen molar-refractivity contribution in [3.8, 4) is 6.07 Å². The number of nitrogens with zero attached hydrogens (tertiary/aromatic N) is 5. The average Bonchev–Trinajstić information content (AvgIpc) is 2.60. The molecule has 8 heteroatoms. The van der Waals surface area contributed by atoms with Gasteiger partial charge in [-0.1, -0.05) is 6.07 Å². The van der Waals surface area contributed by atoms with Gasteiger partial charge in [0, 0.05) is 18.7 Å². The highest BCUT2D eigenvalue weighted by molar-refractivity contribution is 5.41. The number of anilines is 1. The second-order valence-corrected chi connectivity index (χ2v) is 7.05. The van der Waals surface area contributed by atoms with Crippen LogP contribution in [0.3, 0.4) is 0 Å². The number of nitrogens with one attached hydrogen (secondary N) is 1. The molecule has 0 saturated carbocycles. The van der Waals surface area contributed by atoms with Gasteiger partial charge in [-0.05, 0) is 52.7 Å². The van der Waals surface area contributed by atoms with Crippen LogP contribution in [0.2, 0.25) is 0 Å². The maximum Gasteiger partial charge on any atom is 0.275 e. The molecule has 0 aromatic carbocycles. The molecule has 0 spiro atoms. The molecular formula is C17H27N6O2+. The Kier molecular flexibility index (Phi) is 6.15. The molecule has 136 valence electrons. The molecule has 25 heavy (non-hydrogen) atoms. The van der Waals surface area contributed by atoms with Gasteiger partial charge in [-0.15, -0.1) is 5.01 Å².